The molecule has 0 saturated carbocycles. The van der Waals surface area contributed by atoms with Crippen LogP contribution in [0.5, 0.6) is 0 Å². The van der Waals surface area contributed by atoms with Crippen LogP contribution < -0.4 is 5.32 Å². The van der Waals surface area contributed by atoms with E-state index in [2.05, 4.69) is 39.1 Å². The van der Waals surface area contributed by atoms with E-state index < -0.39 is 0 Å². The first-order chi connectivity index (χ1) is 8.65. The smallest absolute Gasteiger partial charge is 0.133 e. The van der Waals surface area contributed by atoms with Crippen molar-refractivity contribution >= 4 is 5.82 Å². The van der Waals surface area contributed by atoms with Gasteiger partial charge in [-0.2, -0.15) is 0 Å². The molecule has 0 aliphatic carbocycles. The fraction of sp³-hybridized carbons (Fsp3) is 0.462. The topological polar surface area (TPSA) is 66.5 Å². The van der Waals surface area contributed by atoms with Crippen LogP contribution in [0.3, 0.4) is 0 Å². The number of H-pyrrole nitrogens is 1. The van der Waals surface area contributed by atoms with Crippen LogP contribution in [0.2, 0.25) is 0 Å². The summed E-state index contributed by atoms with van der Waals surface area (Å²) in [6, 6.07) is 1.97. The minimum Gasteiger partial charge on any atom is -0.370 e. The average molecular weight is 245 g/mol. The number of nitrogens with one attached hydrogen (secondary N) is 2. The Labute approximate surface area is 107 Å². The van der Waals surface area contributed by atoms with Crippen molar-refractivity contribution in [1.82, 2.24) is 19.9 Å². The highest BCUT2D eigenvalue weighted by molar-refractivity contribution is 5.36. The third-order valence-electron chi connectivity index (χ3n) is 2.64. The van der Waals surface area contributed by atoms with Gasteiger partial charge in [0.15, 0.2) is 0 Å². The summed E-state index contributed by atoms with van der Waals surface area (Å²) in [6.45, 7) is 7.02. The SMILES string of the molecule is Cc1cc(NCCc2cnc[nH]2)nc(C(C)C)n1. The summed E-state index contributed by atoms with van der Waals surface area (Å²) in [5.74, 6) is 2.13. The Balaban J connectivity index is 1.96. The van der Waals surface area contributed by atoms with E-state index >= 15 is 0 Å². The van der Waals surface area contributed by atoms with Gasteiger partial charge in [-0.3, -0.25) is 0 Å². The van der Waals surface area contributed by atoms with Gasteiger partial charge in [-0.05, 0) is 6.92 Å². The summed E-state index contributed by atoms with van der Waals surface area (Å²) in [6.07, 6.45) is 4.44. The molecule has 2 rings (SSSR count). The van der Waals surface area contributed by atoms with Gasteiger partial charge in [0.05, 0.1) is 6.33 Å². The molecule has 0 unspecified atom stereocenters. The second-order valence-electron chi connectivity index (χ2n) is 4.66. The van der Waals surface area contributed by atoms with Crippen molar-refractivity contribution in [3.05, 3.63) is 35.8 Å². The van der Waals surface area contributed by atoms with E-state index in [1.165, 1.54) is 0 Å². The number of rotatable bonds is 5. The number of nitrogens with zero attached hydrogens (tertiary/aromatic N) is 3. The zero-order valence-corrected chi connectivity index (χ0v) is 11.1. The Hall–Kier alpha value is -1.91. The van der Waals surface area contributed by atoms with Crippen LogP contribution in [0.1, 0.15) is 37.0 Å². The molecule has 5 nitrogen and oxygen atoms in total. The van der Waals surface area contributed by atoms with E-state index in [1.54, 1.807) is 6.33 Å². The molecule has 0 atom stereocenters. The molecule has 0 aromatic carbocycles. The predicted molar refractivity (Wildman–Crippen MR) is 71.6 cm³/mol. The summed E-state index contributed by atoms with van der Waals surface area (Å²) in [5, 5.41) is 3.32. The molecular formula is C13H19N5. The summed E-state index contributed by atoms with van der Waals surface area (Å²) < 4.78 is 0. The lowest BCUT2D eigenvalue weighted by Crippen LogP contribution is -2.09. The first kappa shape index (κ1) is 12.5. The number of anilines is 1. The molecule has 2 N–H and O–H groups in total. The van der Waals surface area contributed by atoms with Gasteiger partial charge < -0.3 is 10.3 Å². The fourth-order valence-electron chi connectivity index (χ4n) is 1.69. The van der Waals surface area contributed by atoms with Gasteiger partial charge in [0.2, 0.25) is 0 Å². The van der Waals surface area contributed by atoms with Crippen molar-refractivity contribution in [1.29, 1.82) is 0 Å². The van der Waals surface area contributed by atoms with Crippen LogP contribution in [0.15, 0.2) is 18.6 Å². The van der Waals surface area contributed by atoms with Crippen molar-refractivity contribution in [2.24, 2.45) is 0 Å². The van der Waals surface area contributed by atoms with Gasteiger partial charge in [0.25, 0.3) is 0 Å². The number of hydrogen-bond acceptors (Lipinski definition) is 4. The minimum absolute atomic E-state index is 0.345. The quantitative estimate of drug-likeness (QED) is 0.848. The monoisotopic (exact) mass is 245 g/mol. The van der Waals surface area contributed by atoms with Crippen LogP contribution in [0.4, 0.5) is 5.82 Å². The van der Waals surface area contributed by atoms with Gasteiger partial charge in [-0.1, -0.05) is 13.8 Å². The molecule has 96 valence electrons. The zero-order valence-electron chi connectivity index (χ0n) is 11.1. The standard InChI is InChI=1S/C13H19N5/c1-9(2)13-17-10(3)6-12(18-13)15-5-4-11-7-14-8-16-11/h6-9H,4-5H2,1-3H3,(H,14,16)(H,15,17,18). The Kier molecular flexibility index (Phi) is 3.92. The Morgan fingerprint density at radius 2 is 2.17 bits per heavy atom. The van der Waals surface area contributed by atoms with Crippen LogP contribution in [0.25, 0.3) is 0 Å². The van der Waals surface area contributed by atoms with E-state index in [4.69, 9.17) is 0 Å². The molecule has 5 heteroatoms. The molecule has 0 aliphatic rings. The maximum Gasteiger partial charge on any atom is 0.133 e. The van der Waals surface area contributed by atoms with E-state index in [0.29, 0.717) is 5.92 Å². The highest BCUT2D eigenvalue weighted by Gasteiger charge is 2.05. The normalized spacial score (nSPS) is 10.9. The van der Waals surface area contributed by atoms with Crippen molar-refractivity contribution in [2.45, 2.75) is 33.1 Å². The molecule has 2 heterocycles. The number of imidazole rings is 1. The fourth-order valence-corrected chi connectivity index (χ4v) is 1.69. The van der Waals surface area contributed by atoms with Gasteiger partial charge in [-0.25, -0.2) is 15.0 Å². The Morgan fingerprint density at radius 3 is 2.83 bits per heavy atom. The number of aromatic amines is 1. The summed E-state index contributed by atoms with van der Waals surface area (Å²) in [5.41, 5.74) is 2.12. The zero-order chi connectivity index (χ0) is 13.0. The second kappa shape index (κ2) is 5.62. The van der Waals surface area contributed by atoms with Crippen molar-refractivity contribution in [3.63, 3.8) is 0 Å². The molecule has 0 bridgehead atoms. The average Bonchev–Trinajstić information content (AvgIpc) is 2.81. The Bertz CT molecular complexity index is 490. The van der Waals surface area contributed by atoms with Gasteiger partial charge in [-0.15, -0.1) is 0 Å². The first-order valence-electron chi connectivity index (χ1n) is 6.22. The van der Waals surface area contributed by atoms with Gasteiger partial charge in [0.1, 0.15) is 11.6 Å². The van der Waals surface area contributed by atoms with Crippen molar-refractivity contribution in [2.75, 3.05) is 11.9 Å². The molecule has 0 radical (unpaired) electrons. The maximum atomic E-state index is 4.50. The molecular weight excluding hydrogens is 226 g/mol. The second-order valence-corrected chi connectivity index (χ2v) is 4.66. The van der Waals surface area contributed by atoms with E-state index in [-0.39, 0.29) is 0 Å². The van der Waals surface area contributed by atoms with E-state index in [9.17, 15) is 0 Å². The lowest BCUT2D eigenvalue weighted by atomic mass is 10.2. The molecule has 0 aliphatic heterocycles. The van der Waals surface area contributed by atoms with Crippen LogP contribution in [0, 0.1) is 6.92 Å². The molecule has 0 fully saturated rings. The third-order valence-corrected chi connectivity index (χ3v) is 2.64. The number of aryl methyl sites for hydroxylation is 1. The first-order valence-corrected chi connectivity index (χ1v) is 6.22. The van der Waals surface area contributed by atoms with Crippen LogP contribution in [-0.2, 0) is 6.42 Å². The van der Waals surface area contributed by atoms with Crippen LogP contribution >= 0.6 is 0 Å². The van der Waals surface area contributed by atoms with Crippen LogP contribution in [-0.4, -0.2) is 26.5 Å². The molecule has 18 heavy (non-hydrogen) atoms. The van der Waals surface area contributed by atoms with Crippen molar-refractivity contribution in [3.8, 4) is 0 Å². The summed E-state index contributed by atoms with van der Waals surface area (Å²) >= 11 is 0. The van der Waals surface area contributed by atoms with Gasteiger partial charge >= 0.3 is 0 Å². The maximum absolute atomic E-state index is 4.50. The minimum atomic E-state index is 0.345. The molecule has 0 spiro atoms. The lowest BCUT2D eigenvalue weighted by molar-refractivity contribution is 0.766. The molecule has 0 saturated heterocycles. The summed E-state index contributed by atoms with van der Waals surface area (Å²) in [4.78, 5) is 16.0. The predicted octanol–water partition coefficient (Wildman–Crippen LogP) is 2.29. The van der Waals surface area contributed by atoms with E-state index in [0.717, 1.165) is 36.0 Å². The van der Waals surface area contributed by atoms with Crippen molar-refractivity contribution < 1.29 is 0 Å². The Morgan fingerprint density at radius 1 is 1.33 bits per heavy atom. The van der Waals surface area contributed by atoms with E-state index in [1.807, 2.05) is 19.2 Å². The van der Waals surface area contributed by atoms with Gasteiger partial charge in [0, 0.05) is 42.5 Å². The number of aromatic nitrogens is 4. The highest BCUT2D eigenvalue weighted by Crippen LogP contribution is 2.13. The largest absolute Gasteiger partial charge is 0.370 e. The third kappa shape index (κ3) is 3.29. The molecule has 2 aromatic rings. The summed E-state index contributed by atoms with van der Waals surface area (Å²) in [7, 11) is 0. The highest BCUT2D eigenvalue weighted by atomic mass is 15.0. The molecule has 0 amide bonds. The molecule has 2 aromatic heterocycles. The number of hydrogen-bond donors (Lipinski definition) is 2. The lowest BCUT2D eigenvalue weighted by Gasteiger charge is -2.09.